The van der Waals surface area contributed by atoms with E-state index in [1.807, 2.05) is 25.1 Å². The number of nitrogens with zero attached hydrogens (tertiary/aromatic N) is 2. The van der Waals surface area contributed by atoms with Gasteiger partial charge in [0.1, 0.15) is 17.2 Å². The number of furan rings is 1. The molecule has 1 amide bonds. The number of benzene rings is 1. The Morgan fingerprint density at radius 2 is 2.04 bits per heavy atom. The van der Waals surface area contributed by atoms with Crippen molar-refractivity contribution in [1.29, 1.82) is 0 Å². The summed E-state index contributed by atoms with van der Waals surface area (Å²) in [5, 5.41) is 4.11. The first-order valence-electron chi connectivity index (χ1n) is 8.67. The zero-order valence-corrected chi connectivity index (χ0v) is 15.6. The molecule has 0 spiro atoms. The molecule has 0 fully saturated rings. The number of hydrogen-bond acceptors (Lipinski definition) is 6. The Hall–Kier alpha value is -3.22. The Bertz CT molecular complexity index is 886. The summed E-state index contributed by atoms with van der Waals surface area (Å²) in [6, 6.07) is 10.6. The van der Waals surface area contributed by atoms with Gasteiger partial charge in [-0.2, -0.15) is 0 Å². The maximum atomic E-state index is 12.6. The van der Waals surface area contributed by atoms with E-state index >= 15 is 0 Å². The van der Waals surface area contributed by atoms with Gasteiger partial charge in [0.2, 0.25) is 0 Å². The third-order valence-corrected chi connectivity index (χ3v) is 4.10. The molecule has 0 N–H and O–H groups in total. The van der Waals surface area contributed by atoms with Crippen LogP contribution in [0.2, 0.25) is 0 Å². The Morgan fingerprint density at radius 3 is 2.70 bits per heavy atom. The Kier molecular flexibility index (Phi) is 5.80. The number of aromatic nitrogens is 1. The average Bonchev–Trinajstić information content (AvgIpc) is 3.38. The molecule has 0 saturated heterocycles. The van der Waals surface area contributed by atoms with Crippen molar-refractivity contribution in [3.63, 3.8) is 0 Å². The van der Waals surface area contributed by atoms with Crippen molar-refractivity contribution in [1.82, 2.24) is 10.1 Å². The van der Waals surface area contributed by atoms with Crippen LogP contribution in [-0.4, -0.2) is 36.7 Å². The number of carbonyl (C=O) groups is 1. The lowest BCUT2D eigenvalue weighted by Crippen LogP contribution is -2.31. The molecule has 2 aromatic heterocycles. The van der Waals surface area contributed by atoms with Gasteiger partial charge < -0.3 is 23.3 Å². The van der Waals surface area contributed by atoms with Gasteiger partial charge in [0, 0.05) is 18.7 Å². The molecular weight excluding hydrogens is 348 g/mol. The lowest BCUT2D eigenvalue weighted by atomic mass is 10.1. The van der Waals surface area contributed by atoms with Crippen LogP contribution in [0, 0.1) is 0 Å². The van der Waals surface area contributed by atoms with Gasteiger partial charge in [-0.05, 0) is 30.7 Å². The van der Waals surface area contributed by atoms with Crippen molar-refractivity contribution in [2.45, 2.75) is 19.9 Å². The van der Waals surface area contributed by atoms with E-state index in [0.29, 0.717) is 41.8 Å². The number of ether oxygens (including phenoxy) is 2. The number of hydrogen-bond donors (Lipinski definition) is 0. The van der Waals surface area contributed by atoms with Gasteiger partial charge >= 0.3 is 0 Å². The molecule has 0 bridgehead atoms. The summed E-state index contributed by atoms with van der Waals surface area (Å²) in [5.74, 6) is 2.01. The Labute approximate surface area is 157 Å². The van der Waals surface area contributed by atoms with Crippen LogP contribution in [0.1, 0.15) is 29.6 Å². The van der Waals surface area contributed by atoms with Crippen molar-refractivity contribution in [3.05, 3.63) is 54.1 Å². The summed E-state index contributed by atoms with van der Waals surface area (Å²) >= 11 is 0. The van der Waals surface area contributed by atoms with E-state index in [0.717, 1.165) is 12.0 Å². The van der Waals surface area contributed by atoms with Gasteiger partial charge in [-0.15, -0.1) is 0 Å². The number of methoxy groups -OCH3 is 2. The molecule has 0 aliphatic rings. The molecule has 7 nitrogen and oxygen atoms in total. The second-order valence-corrected chi connectivity index (χ2v) is 5.95. The van der Waals surface area contributed by atoms with Crippen LogP contribution in [0.3, 0.4) is 0 Å². The van der Waals surface area contributed by atoms with Crippen LogP contribution >= 0.6 is 0 Å². The molecule has 0 atom stereocenters. The van der Waals surface area contributed by atoms with Crippen LogP contribution in [0.5, 0.6) is 11.5 Å². The van der Waals surface area contributed by atoms with Crippen molar-refractivity contribution < 1.29 is 23.2 Å². The maximum Gasteiger partial charge on any atom is 0.289 e. The Balaban J connectivity index is 1.81. The highest BCUT2D eigenvalue weighted by Crippen LogP contribution is 2.33. The van der Waals surface area contributed by atoms with Gasteiger partial charge in [0.15, 0.2) is 11.5 Å². The second kappa shape index (κ2) is 8.44. The predicted octanol–water partition coefficient (Wildman–Crippen LogP) is 4.00. The number of rotatable bonds is 8. The quantitative estimate of drug-likeness (QED) is 0.596. The second-order valence-electron chi connectivity index (χ2n) is 5.95. The smallest absolute Gasteiger partial charge is 0.289 e. The van der Waals surface area contributed by atoms with Crippen LogP contribution < -0.4 is 9.47 Å². The molecule has 3 aromatic rings. The van der Waals surface area contributed by atoms with Crippen molar-refractivity contribution in [2.75, 3.05) is 20.8 Å². The van der Waals surface area contributed by atoms with Crippen molar-refractivity contribution >= 4 is 5.91 Å². The third kappa shape index (κ3) is 4.13. The number of carbonyl (C=O) groups excluding carboxylic acids is 1. The highest BCUT2D eigenvalue weighted by molar-refractivity contribution is 5.91. The van der Waals surface area contributed by atoms with E-state index in [4.69, 9.17) is 18.4 Å². The molecule has 7 heteroatoms. The fourth-order valence-electron chi connectivity index (χ4n) is 2.79. The van der Waals surface area contributed by atoms with Crippen LogP contribution in [0.25, 0.3) is 11.3 Å². The van der Waals surface area contributed by atoms with Crippen LogP contribution in [-0.2, 0) is 6.54 Å². The van der Waals surface area contributed by atoms with Crippen molar-refractivity contribution in [3.8, 4) is 22.8 Å². The molecule has 0 aliphatic carbocycles. The largest absolute Gasteiger partial charge is 0.497 e. The molecule has 142 valence electrons. The highest BCUT2D eigenvalue weighted by atomic mass is 16.5. The van der Waals surface area contributed by atoms with Crippen molar-refractivity contribution in [2.24, 2.45) is 0 Å². The minimum atomic E-state index is -0.173. The van der Waals surface area contributed by atoms with E-state index in [-0.39, 0.29) is 5.91 Å². The van der Waals surface area contributed by atoms with E-state index in [1.54, 1.807) is 37.3 Å². The first-order chi connectivity index (χ1) is 13.2. The fourth-order valence-corrected chi connectivity index (χ4v) is 2.79. The van der Waals surface area contributed by atoms with Gasteiger partial charge in [-0.25, -0.2) is 0 Å². The van der Waals surface area contributed by atoms with Gasteiger partial charge in [0.05, 0.1) is 32.6 Å². The molecule has 0 aliphatic heterocycles. The van der Waals surface area contributed by atoms with E-state index in [2.05, 4.69) is 5.16 Å². The lowest BCUT2D eigenvalue weighted by Gasteiger charge is -2.19. The molecule has 1 aromatic carbocycles. The normalized spacial score (nSPS) is 10.6. The summed E-state index contributed by atoms with van der Waals surface area (Å²) in [6.45, 7) is 2.93. The van der Waals surface area contributed by atoms with Crippen LogP contribution in [0.15, 0.2) is 51.6 Å². The zero-order chi connectivity index (χ0) is 19.2. The molecule has 0 saturated carbocycles. The summed E-state index contributed by atoms with van der Waals surface area (Å²) in [7, 11) is 3.18. The maximum absolute atomic E-state index is 12.6. The molecule has 27 heavy (non-hydrogen) atoms. The molecule has 2 heterocycles. The minimum Gasteiger partial charge on any atom is -0.497 e. The monoisotopic (exact) mass is 370 g/mol. The summed E-state index contributed by atoms with van der Waals surface area (Å²) in [6.07, 6.45) is 2.31. The summed E-state index contributed by atoms with van der Waals surface area (Å²) < 4.78 is 21.3. The first-order valence-corrected chi connectivity index (χ1v) is 8.67. The van der Waals surface area contributed by atoms with Crippen LogP contribution in [0.4, 0.5) is 0 Å². The predicted molar refractivity (Wildman–Crippen MR) is 98.8 cm³/mol. The summed E-state index contributed by atoms with van der Waals surface area (Å²) in [4.78, 5) is 14.3. The fraction of sp³-hybridized carbons (Fsp3) is 0.300. The number of amides is 1. The minimum absolute atomic E-state index is 0.173. The first kappa shape index (κ1) is 18.6. The average molecular weight is 370 g/mol. The molecule has 0 unspecified atom stereocenters. The van der Waals surface area contributed by atoms with E-state index in [9.17, 15) is 4.79 Å². The molecule has 0 radical (unpaired) electrons. The highest BCUT2D eigenvalue weighted by Gasteiger charge is 2.20. The lowest BCUT2D eigenvalue weighted by molar-refractivity contribution is 0.0707. The molecular formula is C20H22N2O5. The molecule has 3 rings (SSSR count). The van der Waals surface area contributed by atoms with Gasteiger partial charge in [0.25, 0.3) is 5.91 Å². The van der Waals surface area contributed by atoms with E-state index in [1.165, 1.54) is 6.26 Å². The topological polar surface area (TPSA) is 77.9 Å². The Morgan fingerprint density at radius 1 is 1.19 bits per heavy atom. The zero-order valence-electron chi connectivity index (χ0n) is 15.6. The van der Waals surface area contributed by atoms with Gasteiger partial charge in [-0.3, -0.25) is 4.79 Å². The third-order valence-electron chi connectivity index (χ3n) is 4.10. The standard InChI is InChI=1S/C20H22N2O5/c1-4-9-22(20(23)17-6-5-10-26-17)13-14-11-19(27-21-14)16-8-7-15(24-2)12-18(16)25-3/h5-8,10-12H,4,9,13H2,1-3H3. The SMILES string of the molecule is CCCN(Cc1cc(-c2ccc(OC)cc2OC)on1)C(=O)c1ccco1. The van der Waals surface area contributed by atoms with Gasteiger partial charge in [-0.1, -0.05) is 12.1 Å². The van der Waals surface area contributed by atoms with E-state index < -0.39 is 0 Å². The summed E-state index contributed by atoms with van der Waals surface area (Å²) in [5.41, 5.74) is 1.41.